The van der Waals surface area contributed by atoms with Crippen LogP contribution in [0.2, 0.25) is 0 Å². The van der Waals surface area contributed by atoms with Crippen LogP contribution in [-0.2, 0) is 0 Å². The largest absolute Gasteiger partial charge is 0.354 e. The Balaban J connectivity index is 0.000000166. The van der Waals surface area contributed by atoms with Gasteiger partial charge in [0.1, 0.15) is 0 Å². The molecule has 112 valence electrons. The molecule has 0 fully saturated rings. The van der Waals surface area contributed by atoms with Gasteiger partial charge < -0.3 is 4.98 Å². The maximum absolute atomic E-state index is 3.98. The Morgan fingerprint density at radius 3 is 2.26 bits per heavy atom. The molecule has 4 aromatic rings. The van der Waals surface area contributed by atoms with Gasteiger partial charge in [0.05, 0.1) is 11.2 Å². The molecule has 2 aromatic carbocycles. The number of hydrogen-bond donors (Lipinski definition) is 1. The molecule has 0 saturated carbocycles. The van der Waals surface area contributed by atoms with Crippen molar-refractivity contribution in [3.63, 3.8) is 0 Å². The molecule has 23 heavy (non-hydrogen) atoms. The lowest BCUT2D eigenvalue weighted by Gasteiger charge is -1.94. The lowest BCUT2D eigenvalue weighted by atomic mass is 10.1. The summed E-state index contributed by atoms with van der Waals surface area (Å²) in [5, 5.41) is 2.54. The number of fused-ring (bicyclic) bond motifs is 3. The minimum absolute atomic E-state index is 0.924. The third-order valence-electron chi connectivity index (χ3n) is 3.69. The number of hydrogen-bond acceptors (Lipinski definition) is 1. The summed E-state index contributed by atoms with van der Waals surface area (Å²) >= 11 is 0. The van der Waals surface area contributed by atoms with Crippen molar-refractivity contribution in [1.29, 1.82) is 0 Å². The van der Waals surface area contributed by atoms with E-state index >= 15 is 0 Å². The number of aromatic nitrogens is 2. The third-order valence-corrected chi connectivity index (χ3v) is 3.69. The number of nitrogens with one attached hydrogen (secondary N) is 1. The first kappa shape index (κ1) is 14.8. The summed E-state index contributed by atoms with van der Waals surface area (Å²) in [6, 6.07) is 20.4. The van der Waals surface area contributed by atoms with Gasteiger partial charge in [0.2, 0.25) is 0 Å². The molecule has 4 rings (SSSR count). The van der Waals surface area contributed by atoms with Crippen LogP contribution >= 0.6 is 0 Å². The lowest BCUT2D eigenvalue weighted by Crippen LogP contribution is -1.73. The maximum atomic E-state index is 3.98. The lowest BCUT2D eigenvalue weighted by molar-refractivity contribution is 1.30. The van der Waals surface area contributed by atoms with Gasteiger partial charge in [-0.3, -0.25) is 4.98 Å². The Hall–Kier alpha value is -3.13. The first-order valence-corrected chi connectivity index (χ1v) is 7.49. The molecule has 2 aromatic heterocycles. The number of H-pyrrole nitrogens is 1. The van der Waals surface area contributed by atoms with Crippen LogP contribution in [0.4, 0.5) is 0 Å². The molecule has 0 unspecified atom stereocenters. The fraction of sp³-hybridized carbons (Fsp3) is 0. The first-order chi connectivity index (χ1) is 11.3. The van der Waals surface area contributed by atoms with Gasteiger partial charge >= 0.3 is 0 Å². The molecule has 0 bridgehead atoms. The molecular formula is C21H18N2. The monoisotopic (exact) mass is 298 g/mol. The van der Waals surface area contributed by atoms with E-state index in [0.29, 0.717) is 0 Å². The van der Waals surface area contributed by atoms with E-state index in [-0.39, 0.29) is 0 Å². The maximum Gasteiger partial charge on any atom is 0.0623 e. The van der Waals surface area contributed by atoms with Crippen LogP contribution in [-0.4, -0.2) is 9.97 Å². The van der Waals surface area contributed by atoms with Gasteiger partial charge in [0, 0.05) is 22.5 Å². The van der Waals surface area contributed by atoms with Gasteiger partial charge in [0.15, 0.2) is 0 Å². The Morgan fingerprint density at radius 2 is 1.57 bits per heavy atom. The Bertz CT molecular complexity index is 949. The number of para-hydroxylation sites is 2. The molecule has 2 heterocycles. The molecule has 0 radical (unpaired) electrons. The van der Waals surface area contributed by atoms with Gasteiger partial charge in [-0.05, 0) is 29.8 Å². The number of rotatable bonds is 2. The minimum Gasteiger partial charge on any atom is -0.354 e. The smallest absolute Gasteiger partial charge is 0.0623 e. The van der Waals surface area contributed by atoms with E-state index in [4.69, 9.17) is 0 Å². The third kappa shape index (κ3) is 3.06. The summed E-state index contributed by atoms with van der Waals surface area (Å²) in [6.45, 7) is 7.40. The Morgan fingerprint density at radius 1 is 0.783 bits per heavy atom. The standard InChI is InChI=1S/C14H11N.C7H7N/c1-2-10-6-5-8-12-11-7-3-4-9-13(11)15-14(10)12;1-2-7-5-3-4-6-8-7/h2-9,15H,1H2;2-6H,1H2. The van der Waals surface area contributed by atoms with Gasteiger partial charge in [-0.25, -0.2) is 0 Å². The normalized spacial score (nSPS) is 10.1. The van der Waals surface area contributed by atoms with E-state index in [1.807, 2.05) is 30.3 Å². The number of aromatic amines is 1. The summed E-state index contributed by atoms with van der Waals surface area (Å²) in [7, 11) is 0. The average molecular weight is 298 g/mol. The minimum atomic E-state index is 0.924. The summed E-state index contributed by atoms with van der Waals surface area (Å²) in [4.78, 5) is 7.41. The van der Waals surface area contributed by atoms with Crippen LogP contribution in [0.5, 0.6) is 0 Å². The molecular weight excluding hydrogens is 280 g/mol. The van der Waals surface area contributed by atoms with E-state index in [1.165, 1.54) is 21.8 Å². The van der Waals surface area contributed by atoms with E-state index in [1.54, 1.807) is 12.3 Å². The highest BCUT2D eigenvalue weighted by atomic mass is 14.7. The highest BCUT2D eigenvalue weighted by Crippen LogP contribution is 2.27. The summed E-state index contributed by atoms with van der Waals surface area (Å²) in [5.74, 6) is 0. The second-order valence-corrected chi connectivity index (χ2v) is 5.10. The molecule has 2 heteroatoms. The van der Waals surface area contributed by atoms with Crippen LogP contribution in [0, 0.1) is 0 Å². The van der Waals surface area contributed by atoms with Crippen LogP contribution in [0.1, 0.15) is 11.3 Å². The molecule has 2 nitrogen and oxygen atoms in total. The van der Waals surface area contributed by atoms with E-state index in [9.17, 15) is 0 Å². The highest BCUT2D eigenvalue weighted by Gasteiger charge is 2.04. The van der Waals surface area contributed by atoms with Crippen molar-refractivity contribution in [2.45, 2.75) is 0 Å². The molecule has 0 amide bonds. The zero-order valence-corrected chi connectivity index (χ0v) is 12.9. The van der Waals surface area contributed by atoms with Crippen LogP contribution in [0.25, 0.3) is 34.0 Å². The second kappa shape index (κ2) is 6.75. The van der Waals surface area contributed by atoms with Gasteiger partial charge in [-0.2, -0.15) is 0 Å². The molecule has 0 aliphatic carbocycles. The Labute approximate surface area is 135 Å². The van der Waals surface area contributed by atoms with E-state index in [0.717, 1.165) is 11.3 Å². The molecule has 0 atom stereocenters. The zero-order valence-electron chi connectivity index (χ0n) is 12.9. The SMILES string of the molecule is C=Cc1cccc2c1[nH]c1ccccc12.C=Cc1ccccn1. The highest BCUT2D eigenvalue weighted by molar-refractivity contribution is 6.09. The van der Waals surface area contributed by atoms with Crippen LogP contribution in [0.15, 0.2) is 80.0 Å². The molecule has 0 spiro atoms. The molecule has 0 saturated heterocycles. The topological polar surface area (TPSA) is 28.7 Å². The van der Waals surface area contributed by atoms with Gasteiger partial charge in [0.25, 0.3) is 0 Å². The number of nitrogens with zero attached hydrogens (tertiary/aromatic N) is 1. The average Bonchev–Trinajstić information content (AvgIpc) is 3.02. The first-order valence-electron chi connectivity index (χ1n) is 7.49. The predicted octanol–water partition coefficient (Wildman–Crippen LogP) is 5.69. The van der Waals surface area contributed by atoms with Crippen molar-refractivity contribution >= 4 is 34.0 Å². The van der Waals surface area contributed by atoms with Crippen LogP contribution < -0.4 is 0 Å². The summed E-state index contributed by atoms with van der Waals surface area (Å²) in [6.07, 6.45) is 5.36. The summed E-state index contributed by atoms with van der Waals surface area (Å²) in [5.41, 5.74) is 4.44. The van der Waals surface area contributed by atoms with E-state index < -0.39 is 0 Å². The fourth-order valence-electron chi connectivity index (χ4n) is 2.56. The van der Waals surface area contributed by atoms with Crippen molar-refractivity contribution in [3.8, 4) is 0 Å². The predicted molar refractivity (Wildman–Crippen MR) is 100 cm³/mol. The quantitative estimate of drug-likeness (QED) is 0.506. The van der Waals surface area contributed by atoms with Crippen molar-refractivity contribution in [2.24, 2.45) is 0 Å². The van der Waals surface area contributed by atoms with Gasteiger partial charge in [-0.15, -0.1) is 0 Å². The molecule has 0 aliphatic rings. The van der Waals surface area contributed by atoms with Crippen molar-refractivity contribution in [2.75, 3.05) is 0 Å². The van der Waals surface area contributed by atoms with Crippen molar-refractivity contribution < 1.29 is 0 Å². The summed E-state index contributed by atoms with van der Waals surface area (Å²) < 4.78 is 0. The number of benzene rings is 2. The number of pyridine rings is 1. The fourth-order valence-corrected chi connectivity index (χ4v) is 2.56. The van der Waals surface area contributed by atoms with Crippen molar-refractivity contribution in [3.05, 3.63) is 91.3 Å². The van der Waals surface area contributed by atoms with Gasteiger partial charge in [-0.1, -0.05) is 61.7 Å². The van der Waals surface area contributed by atoms with Crippen molar-refractivity contribution in [1.82, 2.24) is 9.97 Å². The Kier molecular flexibility index (Phi) is 4.34. The zero-order chi connectivity index (χ0) is 16.1. The van der Waals surface area contributed by atoms with E-state index in [2.05, 4.69) is 59.5 Å². The molecule has 0 aliphatic heterocycles. The second-order valence-electron chi connectivity index (χ2n) is 5.10. The molecule has 1 N–H and O–H groups in total. The van der Waals surface area contributed by atoms with Crippen LogP contribution in [0.3, 0.4) is 0 Å².